The number of rotatable bonds is 1. The Morgan fingerprint density at radius 1 is 1.58 bits per heavy atom. The molecule has 3 nitrogen and oxygen atoms in total. The highest BCUT2D eigenvalue weighted by Gasteiger charge is 2.10. The molecule has 0 aromatic heterocycles. The van der Waals surface area contributed by atoms with Crippen molar-refractivity contribution in [1.82, 2.24) is 0 Å². The molecule has 0 fully saturated rings. The van der Waals surface area contributed by atoms with Crippen LogP contribution in [0.3, 0.4) is 0 Å². The van der Waals surface area contributed by atoms with E-state index in [4.69, 9.17) is 5.26 Å². The van der Waals surface area contributed by atoms with E-state index in [0.717, 1.165) is 3.57 Å². The highest BCUT2D eigenvalue weighted by molar-refractivity contribution is 14.1. The van der Waals surface area contributed by atoms with Crippen molar-refractivity contribution in [3.05, 3.63) is 31.8 Å². The molecule has 1 N–H and O–H groups in total. The lowest BCUT2D eigenvalue weighted by Gasteiger charge is -1.99. The average molecular weight is 343 g/mol. The zero-order valence-corrected chi connectivity index (χ0v) is 9.50. The van der Waals surface area contributed by atoms with E-state index in [1.54, 1.807) is 18.2 Å². The molecule has 0 atom stereocenters. The molecule has 0 aliphatic carbocycles. The number of halogens is 2. The minimum absolute atomic E-state index is 0.304. The van der Waals surface area contributed by atoms with Crippen LogP contribution in [0.5, 0.6) is 0 Å². The molecular formula is C7H4BrIO3. The topological polar surface area (TPSA) is 46.5 Å². The molecule has 0 saturated carbocycles. The van der Waals surface area contributed by atoms with E-state index in [9.17, 15) is 4.79 Å². The molecule has 0 aliphatic heterocycles. The largest absolute Gasteiger partial charge is 0.373 e. The standard InChI is InChI=1S/C7H4BrIO3/c8-6-3-4(9)1-2-5(6)7(10)12-11/h1-3,11H. The molecule has 5 heteroatoms. The van der Waals surface area contributed by atoms with Gasteiger partial charge in [0.05, 0.1) is 5.56 Å². The third-order valence-electron chi connectivity index (χ3n) is 1.23. The van der Waals surface area contributed by atoms with Crippen molar-refractivity contribution in [1.29, 1.82) is 0 Å². The van der Waals surface area contributed by atoms with Gasteiger partial charge in [0.2, 0.25) is 0 Å². The summed E-state index contributed by atoms with van der Waals surface area (Å²) in [4.78, 5) is 14.4. The van der Waals surface area contributed by atoms with E-state index < -0.39 is 5.97 Å². The summed E-state index contributed by atoms with van der Waals surface area (Å²) < 4.78 is 1.60. The van der Waals surface area contributed by atoms with Crippen molar-refractivity contribution in [3.8, 4) is 0 Å². The van der Waals surface area contributed by atoms with Crippen molar-refractivity contribution in [2.45, 2.75) is 0 Å². The first kappa shape index (κ1) is 9.94. The van der Waals surface area contributed by atoms with Crippen LogP contribution >= 0.6 is 38.5 Å². The van der Waals surface area contributed by atoms with Gasteiger partial charge in [-0.2, -0.15) is 5.26 Å². The first-order valence-corrected chi connectivity index (χ1v) is 4.83. The minimum Gasteiger partial charge on any atom is -0.295 e. The summed E-state index contributed by atoms with van der Waals surface area (Å²) in [5.74, 6) is -0.765. The normalized spacial score (nSPS) is 9.58. The molecule has 0 saturated heterocycles. The van der Waals surface area contributed by atoms with Crippen LogP contribution in [0.1, 0.15) is 10.4 Å². The molecule has 0 unspecified atom stereocenters. The fourth-order valence-electron chi connectivity index (χ4n) is 0.704. The second-order valence-electron chi connectivity index (χ2n) is 2.00. The van der Waals surface area contributed by atoms with E-state index in [2.05, 4.69) is 43.4 Å². The Hall–Kier alpha value is -0.140. The monoisotopic (exact) mass is 342 g/mol. The highest BCUT2D eigenvalue weighted by Crippen LogP contribution is 2.20. The van der Waals surface area contributed by atoms with Gasteiger partial charge in [-0.25, -0.2) is 4.79 Å². The van der Waals surface area contributed by atoms with Crippen molar-refractivity contribution in [2.24, 2.45) is 0 Å². The maximum Gasteiger partial charge on any atom is 0.373 e. The average Bonchev–Trinajstić information content (AvgIpc) is 2.03. The van der Waals surface area contributed by atoms with Crippen LogP contribution in [-0.4, -0.2) is 11.2 Å². The first-order chi connectivity index (χ1) is 5.65. The van der Waals surface area contributed by atoms with Crippen LogP contribution in [0, 0.1) is 3.57 Å². The van der Waals surface area contributed by atoms with Gasteiger partial charge in [-0.1, -0.05) is 0 Å². The molecule has 0 spiro atoms. The zero-order chi connectivity index (χ0) is 9.14. The fourth-order valence-corrected chi connectivity index (χ4v) is 2.16. The summed E-state index contributed by atoms with van der Waals surface area (Å²) in [5.41, 5.74) is 0.304. The maximum atomic E-state index is 10.8. The van der Waals surface area contributed by atoms with E-state index in [0.29, 0.717) is 10.0 Å². The van der Waals surface area contributed by atoms with Gasteiger partial charge < -0.3 is 0 Å². The summed E-state index contributed by atoms with van der Waals surface area (Å²) in [6, 6.07) is 5.08. The summed E-state index contributed by atoms with van der Waals surface area (Å²) in [6.45, 7) is 0. The second kappa shape index (κ2) is 4.20. The minimum atomic E-state index is -0.765. The molecule has 0 radical (unpaired) electrons. The Bertz CT molecular complexity index is 314. The second-order valence-corrected chi connectivity index (χ2v) is 4.10. The van der Waals surface area contributed by atoms with Gasteiger partial charge in [-0.05, 0) is 56.7 Å². The summed E-state index contributed by atoms with van der Waals surface area (Å²) in [5, 5.41) is 8.11. The fraction of sp³-hybridized carbons (Fsp3) is 0. The predicted octanol–water partition coefficient (Wildman–Crippen LogP) is 2.68. The maximum absolute atomic E-state index is 10.8. The van der Waals surface area contributed by atoms with Crippen LogP contribution in [0.15, 0.2) is 22.7 Å². The molecule has 12 heavy (non-hydrogen) atoms. The highest BCUT2D eigenvalue weighted by atomic mass is 127. The third kappa shape index (κ3) is 2.18. The quantitative estimate of drug-likeness (QED) is 0.485. The summed E-state index contributed by atoms with van der Waals surface area (Å²) in [7, 11) is 0. The van der Waals surface area contributed by atoms with Crippen molar-refractivity contribution in [3.63, 3.8) is 0 Å². The predicted molar refractivity (Wildman–Crippen MR) is 54.9 cm³/mol. The molecule has 1 aromatic carbocycles. The van der Waals surface area contributed by atoms with Crippen LogP contribution in [0.25, 0.3) is 0 Å². The molecule has 1 aromatic rings. The summed E-state index contributed by atoms with van der Waals surface area (Å²) in [6.07, 6.45) is 0. The number of benzene rings is 1. The van der Waals surface area contributed by atoms with Gasteiger partial charge >= 0.3 is 5.97 Å². The Morgan fingerprint density at radius 3 is 2.75 bits per heavy atom. The van der Waals surface area contributed by atoms with Crippen molar-refractivity contribution in [2.75, 3.05) is 0 Å². The molecule has 64 valence electrons. The van der Waals surface area contributed by atoms with Gasteiger partial charge in [-0.15, -0.1) is 0 Å². The third-order valence-corrected chi connectivity index (χ3v) is 2.56. The molecule has 0 bridgehead atoms. The zero-order valence-electron chi connectivity index (χ0n) is 5.75. The molecule has 0 heterocycles. The van der Waals surface area contributed by atoms with Crippen molar-refractivity contribution >= 4 is 44.5 Å². The van der Waals surface area contributed by atoms with Gasteiger partial charge in [0.15, 0.2) is 0 Å². The van der Waals surface area contributed by atoms with Gasteiger partial charge in [0.25, 0.3) is 0 Å². The number of carbonyl (C=O) groups excluding carboxylic acids is 1. The lowest BCUT2D eigenvalue weighted by Crippen LogP contribution is -2.02. The Morgan fingerprint density at radius 2 is 2.25 bits per heavy atom. The number of hydrogen-bond donors (Lipinski definition) is 1. The molecule has 1 rings (SSSR count). The SMILES string of the molecule is O=C(OO)c1ccc(I)cc1Br. The van der Waals surface area contributed by atoms with Gasteiger partial charge in [0, 0.05) is 8.04 Å². The van der Waals surface area contributed by atoms with Gasteiger partial charge in [-0.3, -0.25) is 4.89 Å². The van der Waals surface area contributed by atoms with Crippen molar-refractivity contribution < 1.29 is 14.9 Å². The van der Waals surface area contributed by atoms with Gasteiger partial charge in [0.1, 0.15) is 0 Å². The van der Waals surface area contributed by atoms with E-state index in [1.807, 2.05) is 0 Å². The lowest BCUT2D eigenvalue weighted by atomic mass is 10.2. The van der Waals surface area contributed by atoms with Crippen LogP contribution in [0.4, 0.5) is 0 Å². The van der Waals surface area contributed by atoms with E-state index in [1.165, 1.54) is 0 Å². The summed E-state index contributed by atoms with van der Waals surface area (Å²) >= 11 is 5.28. The Kier molecular flexibility index (Phi) is 3.48. The first-order valence-electron chi connectivity index (χ1n) is 2.96. The van der Waals surface area contributed by atoms with E-state index >= 15 is 0 Å². The smallest absolute Gasteiger partial charge is 0.295 e. The Balaban J connectivity index is 3.09. The van der Waals surface area contributed by atoms with Crippen LogP contribution in [-0.2, 0) is 4.89 Å². The lowest BCUT2D eigenvalue weighted by molar-refractivity contribution is -0.182. The van der Waals surface area contributed by atoms with E-state index in [-0.39, 0.29) is 0 Å². The molecular weight excluding hydrogens is 339 g/mol. The number of carbonyl (C=O) groups is 1. The molecule has 0 aliphatic rings. The van der Waals surface area contributed by atoms with Crippen LogP contribution < -0.4 is 0 Å². The molecule has 0 amide bonds. The number of hydrogen-bond acceptors (Lipinski definition) is 3. The Labute approximate surface area is 90.9 Å². The van der Waals surface area contributed by atoms with Crippen LogP contribution in [0.2, 0.25) is 0 Å².